The predicted octanol–water partition coefficient (Wildman–Crippen LogP) is 3.86. The fraction of sp³-hybridized carbons (Fsp3) is 0.250. The minimum absolute atomic E-state index is 0.766. The van der Waals surface area contributed by atoms with Crippen molar-refractivity contribution < 1.29 is 0 Å². The molecule has 26 heavy (non-hydrogen) atoms. The zero-order valence-corrected chi connectivity index (χ0v) is 15.5. The normalized spacial score (nSPS) is 10.5. The summed E-state index contributed by atoms with van der Waals surface area (Å²) in [5.41, 5.74) is 2.47. The number of aromatic nitrogens is 3. The largest absolute Gasteiger partial charge is 0.370 e. The smallest absolute Gasteiger partial charge is 0.133 e. The number of rotatable bonds is 8. The Morgan fingerprint density at radius 1 is 1.00 bits per heavy atom. The Kier molecular flexibility index (Phi) is 6.39. The Morgan fingerprint density at radius 3 is 2.65 bits per heavy atom. The van der Waals surface area contributed by atoms with Gasteiger partial charge < -0.3 is 10.2 Å². The van der Waals surface area contributed by atoms with E-state index in [2.05, 4.69) is 31.2 Å². The summed E-state index contributed by atoms with van der Waals surface area (Å²) >= 11 is 6.02. The highest BCUT2D eigenvalue weighted by atomic mass is 35.5. The van der Waals surface area contributed by atoms with Gasteiger partial charge in [0.2, 0.25) is 0 Å². The third kappa shape index (κ3) is 5.43. The van der Waals surface area contributed by atoms with E-state index in [9.17, 15) is 0 Å². The number of nitrogens with one attached hydrogen (secondary N) is 1. The van der Waals surface area contributed by atoms with Crippen LogP contribution in [0.3, 0.4) is 0 Å². The third-order valence-electron chi connectivity index (χ3n) is 4.14. The molecule has 3 aromatic rings. The van der Waals surface area contributed by atoms with Crippen LogP contribution in [0.1, 0.15) is 11.1 Å². The van der Waals surface area contributed by atoms with Crippen molar-refractivity contribution in [3.63, 3.8) is 0 Å². The number of benzene rings is 1. The fourth-order valence-corrected chi connectivity index (χ4v) is 2.85. The number of hydrogen-bond acceptors (Lipinski definition) is 5. The van der Waals surface area contributed by atoms with Crippen LogP contribution in [0, 0.1) is 0 Å². The maximum absolute atomic E-state index is 6.02. The molecule has 6 heteroatoms. The lowest BCUT2D eigenvalue weighted by atomic mass is 10.1. The van der Waals surface area contributed by atoms with Crippen molar-refractivity contribution in [3.8, 4) is 0 Å². The van der Waals surface area contributed by atoms with Gasteiger partial charge in [0.1, 0.15) is 18.0 Å². The van der Waals surface area contributed by atoms with E-state index in [0.717, 1.165) is 42.6 Å². The molecule has 0 aliphatic heterocycles. The van der Waals surface area contributed by atoms with Crippen molar-refractivity contribution in [1.29, 1.82) is 0 Å². The first kappa shape index (κ1) is 18.1. The van der Waals surface area contributed by atoms with E-state index in [4.69, 9.17) is 11.6 Å². The molecule has 1 aromatic carbocycles. The molecular formula is C20H22ClN5. The highest BCUT2D eigenvalue weighted by Crippen LogP contribution is 2.14. The van der Waals surface area contributed by atoms with Crippen molar-refractivity contribution in [2.24, 2.45) is 0 Å². The van der Waals surface area contributed by atoms with Gasteiger partial charge in [-0.1, -0.05) is 23.7 Å². The van der Waals surface area contributed by atoms with Crippen LogP contribution in [0.5, 0.6) is 0 Å². The van der Waals surface area contributed by atoms with Gasteiger partial charge in [-0.2, -0.15) is 0 Å². The lowest BCUT2D eigenvalue weighted by Crippen LogP contribution is -2.21. The SMILES string of the molecule is CN(CCc1ccncc1)c1cc(NCCc2cccc(Cl)c2)ncn1. The number of nitrogens with zero attached hydrogens (tertiary/aromatic N) is 4. The molecule has 0 fully saturated rings. The topological polar surface area (TPSA) is 53.9 Å². The molecule has 0 aliphatic carbocycles. The summed E-state index contributed by atoms with van der Waals surface area (Å²) < 4.78 is 0. The van der Waals surface area contributed by atoms with Crippen molar-refractivity contribution in [2.75, 3.05) is 30.4 Å². The summed E-state index contributed by atoms with van der Waals surface area (Å²) in [5.74, 6) is 1.73. The third-order valence-corrected chi connectivity index (χ3v) is 4.37. The molecule has 0 radical (unpaired) electrons. The highest BCUT2D eigenvalue weighted by Gasteiger charge is 2.05. The minimum atomic E-state index is 0.766. The molecule has 134 valence electrons. The molecule has 1 N–H and O–H groups in total. The van der Waals surface area contributed by atoms with Gasteiger partial charge in [0.05, 0.1) is 0 Å². The lowest BCUT2D eigenvalue weighted by Gasteiger charge is -2.18. The van der Waals surface area contributed by atoms with Gasteiger partial charge in [0, 0.05) is 43.6 Å². The van der Waals surface area contributed by atoms with E-state index in [-0.39, 0.29) is 0 Å². The minimum Gasteiger partial charge on any atom is -0.370 e. The van der Waals surface area contributed by atoms with Crippen LogP contribution in [-0.4, -0.2) is 35.1 Å². The van der Waals surface area contributed by atoms with E-state index in [1.807, 2.05) is 55.8 Å². The summed E-state index contributed by atoms with van der Waals surface area (Å²) in [4.78, 5) is 14.9. The van der Waals surface area contributed by atoms with Crippen molar-refractivity contribution in [2.45, 2.75) is 12.8 Å². The number of pyridine rings is 1. The van der Waals surface area contributed by atoms with Gasteiger partial charge in [-0.3, -0.25) is 4.98 Å². The molecule has 2 aromatic heterocycles. The molecule has 3 rings (SSSR count). The maximum atomic E-state index is 6.02. The molecule has 0 saturated carbocycles. The molecule has 0 atom stereocenters. The first-order valence-electron chi connectivity index (χ1n) is 8.61. The molecule has 2 heterocycles. The average Bonchev–Trinajstić information content (AvgIpc) is 2.67. The number of hydrogen-bond donors (Lipinski definition) is 1. The number of likely N-dealkylation sites (N-methyl/N-ethyl adjacent to an activating group) is 1. The van der Waals surface area contributed by atoms with Gasteiger partial charge in [-0.25, -0.2) is 9.97 Å². The van der Waals surface area contributed by atoms with E-state index in [1.165, 1.54) is 11.1 Å². The Balaban J connectivity index is 1.52. The molecule has 0 bridgehead atoms. The molecule has 0 aliphatic rings. The van der Waals surface area contributed by atoms with E-state index >= 15 is 0 Å². The molecular weight excluding hydrogens is 346 g/mol. The Hall–Kier alpha value is -2.66. The maximum Gasteiger partial charge on any atom is 0.133 e. The second kappa shape index (κ2) is 9.15. The first-order chi connectivity index (χ1) is 12.7. The summed E-state index contributed by atoms with van der Waals surface area (Å²) in [7, 11) is 2.04. The second-order valence-corrected chi connectivity index (χ2v) is 6.53. The van der Waals surface area contributed by atoms with Crippen LogP contribution in [0.15, 0.2) is 61.2 Å². The zero-order chi connectivity index (χ0) is 18.2. The average molecular weight is 368 g/mol. The van der Waals surface area contributed by atoms with Crippen LogP contribution in [0.4, 0.5) is 11.6 Å². The zero-order valence-electron chi connectivity index (χ0n) is 14.8. The molecule has 0 saturated heterocycles. The van der Waals surface area contributed by atoms with Crippen molar-refractivity contribution in [1.82, 2.24) is 15.0 Å². The van der Waals surface area contributed by atoms with Crippen LogP contribution in [0.25, 0.3) is 0 Å². The number of anilines is 2. The number of halogens is 1. The van der Waals surface area contributed by atoms with E-state index < -0.39 is 0 Å². The summed E-state index contributed by atoms with van der Waals surface area (Å²) in [6.45, 7) is 1.67. The van der Waals surface area contributed by atoms with Crippen LogP contribution in [0.2, 0.25) is 5.02 Å². The van der Waals surface area contributed by atoms with Gasteiger partial charge in [-0.15, -0.1) is 0 Å². The predicted molar refractivity (Wildman–Crippen MR) is 107 cm³/mol. The molecule has 0 amide bonds. The van der Waals surface area contributed by atoms with E-state index in [1.54, 1.807) is 6.33 Å². The summed E-state index contributed by atoms with van der Waals surface area (Å²) in [6, 6.07) is 14.0. The lowest BCUT2D eigenvalue weighted by molar-refractivity contribution is 0.853. The van der Waals surface area contributed by atoms with Crippen LogP contribution < -0.4 is 10.2 Å². The summed E-state index contributed by atoms with van der Waals surface area (Å²) in [6.07, 6.45) is 7.07. The Bertz CT molecular complexity index is 825. The van der Waals surface area contributed by atoms with E-state index in [0.29, 0.717) is 0 Å². The molecule has 5 nitrogen and oxygen atoms in total. The van der Waals surface area contributed by atoms with Crippen LogP contribution in [-0.2, 0) is 12.8 Å². The van der Waals surface area contributed by atoms with Crippen molar-refractivity contribution in [3.05, 3.63) is 77.3 Å². The summed E-state index contributed by atoms with van der Waals surface area (Å²) in [5, 5.41) is 4.12. The van der Waals surface area contributed by atoms with Gasteiger partial charge >= 0.3 is 0 Å². The second-order valence-electron chi connectivity index (χ2n) is 6.10. The van der Waals surface area contributed by atoms with Gasteiger partial charge in [0.15, 0.2) is 0 Å². The van der Waals surface area contributed by atoms with Gasteiger partial charge in [0.25, 0.3) is 0 Å². The standard InChI is InChI=1S/C20H22ClN5/c1-26(12-8-16-5-9-22-10-6-16)20-14-19(24-15-25-20)23-11-7-17-3-2-4-18(21)13-17/h2-6,9-10,13-15H,7-8,11-12H2,1H3,(H,23,24,25). The Labute approximate surface area is 159 Å². The highest BCUT2D eigenvalue weighted by molar-refractivity contribution is 6.30. The van der Waals surface area contributed by atoms with Gasteiger partial charge in [-0.05, 0) is 48.2 Å². The quantitative estimate of drug-likeness (QED) is 0.655. The monoisotopic (exact) mass is 367 g/mol. The Morgan fingerprint density at radius 2 is 1.85 bits per heavy atom. The fourth-order valence-electron chi connectivity index (χ4n) is 2.64. The van der Waals surface area contributed by atoms with Crippen LogP contribution >= 0.6 is 11.6 Å². The molecule has 0 unspecified atom stereocenters. The first-order valence-corrected chi connectivity index (χ1v) is 8.99. The van der Waals surface area contributed by atoms with Crippen molar-refractivity contribution >= 4 is 23.2 Å². The molecule has 0 spiro atoms.